The highest BCUT2D eigenvalue weighted by Crippen LogP contribution is 2.31. The van der Waals surface area contributed by atoms with E-state index in [1.807, 2.05) is 19.1 Å². The van der Waals surface area contributed by atoms with Crippen molar-refractivity contribution in [3.05, 3.63) is 27.7 Å². The van der Waals surface area contributed by atoms with E-state index in [9.17, 15) is 4.79 Å². The molecule has 0 fully saturated rings. The van der Waals surface area contributed by atoms with Gasteiger partial charge in [0, 0.05) is 0 Å². The predicted molar refractivity (Wildman–Crippen MR) is 55.4 cm³/mol. The standard InChI is InChI=1S/C10H11BrO2/c1-6-4-5-8(11)10(13-3)9(6)7(2)12/h4-5H,1-3H3. The van der Waals surface area contributed by atoms with Crippen molar-refractivity contribution in [3.8, 4) is 5.75 Å². The van der Waals surface area contributed by atoms with Crippen LogP contribution in [0, 0.1) is 6.92 Å². The van der Waals surface area contributed by atoms with E-state index in [2.05, 4.69) is 15.9 Å². The lowest BCUT2D eigenvalue weighted by molar-refractivity contribution is 0.101. The maximum Gasteiger partial charge on any atom is 0.163 e. The van der Waals surface area contributed by atoms with Gasteiger partial charge in [0.2, 0.25) is 0 Å². The largest absolute Gasteiger partial charge is 0.495 e. The van der Waals surface area contributed by atoms with E-state index in [1.165, 1.54) is 6.92 Å². The SMILES string of the molecule is COc1c(Br)ccc(C)c1C(C)=O. The molecule has 0 bridgehead atoms. The van der Waals surface area contributed by atoms with Crippen molar-refractivity contribution in [1.82, 2.24) is 0 Å². The number of carbonyl (C=O) groups is 1. The van der Waals surface area contributed by atoms with Crippen LogP contribution >= 0.6 is 15.9 Å². The second-order valence-corrected chi connectivity index (χ2v) is 3.68. The van der Waals surface area contributed by atoms with Gasteiger partial charge in [0.25, 0.3) is 0 Å². The highest BCUT2D eigenvalue weighted by molar-refractivity contribution is 9.10. The fourth-order valence-electron chi connectivity index (χ4n) is 1.29. The van der Waals surface area contributed by atoms with Gasteiger partial charge in [0.1, 0.15) is 5.75 Å². The fraction of sp³-hybridized carbons (Fsp3) is 0.300. The summed E-state index contributed by atoms with van der Waals surface area (Å²) in [5, 5.41) is 0. The number of rotatable bonds is 2. The second kappa shape index (κ2) is 3.92. The Bertz CT molecular complexity index is 345. The molecule has 0 amide bonds. The molecule has 0 saturated heterocycles. The number of ether oxygens (including phenoxy) is 1. The van der Waals surface area contributed by atoms with Gasteiger partial charge in [-0.15, -0.1) is 0 Å². The third kappa shape index (κ3) is 1.91. The summed E-state index contributed by atoms with van der Waals surface area (Å²) in [6, 6.07) is 3.77. The summed E-state index contributed by atoms with van der Waals surface area (Å²) in [5.74, 6) is 0.642. The zero-order valence-corrected chi connectivity index (χ0v) is 9.44. The van der Waals surface area contributed by atoms with E-state index < -0.39 is 0 Å². The Balaban J connectivity index is 3.43. The predicted octanol–water partition coefficient (Wildman–Crippen LogP) is 2.97. The number of hydrogen-bond donors (Lipinski definition) is 0. The third-order valence-electron chi connectivity index (χ3n) is 1.87. The van der Waals surface area contributed by atoms with Crippen LogP contribution in [0.3, 0.4) is 0 Å². The van der Waals surface area contributed by atoms with Gasteiger partial charge in [-0.1, -0.05) is 6.07 Å². The zero-order chi connectivity index (χ0) is 10.0. The van der Waals surface area contributed by atoms with Crippen LogP contribution in [0.2, 0.25) is 0 Å². The van der Waals surface area contributed by atoms with Gasteiger partial charge in [-0.25, -0.2) is 0 Å². The molecule has 0 atom stereocenters. The molecule has 0 spiro atoms. The molecule has 0 aliphatic heterocycles. The number of hydrogen-bond acceptors (Lipinski definition) is 2. The minimum absolute atomic E-state index is 0.0238. The molecule has 1 aromatic carbocycles. The topological polar surface area (TPSA) is 26.3 Å². The van der Waals surface area contributed by atoms with E-state index in [0.29, 0.717) is 11.3 Å². The number of ketones is 1. The van der Waals surface area contributed by atoms with Gasteiger partial charge in [0.15, 0.2) is 5.78 Å². The summed E-state index contributed by atoms with van der Waals surface area (Å²) in [7, 11) is 1.56. The molecule has 1 rings (SSSR count). The van der Waals surface area contributed by atoms with E-state index >= 15 is 0 Å². The van der Waals surface area contributed by atoms with E-state index in [4.69, 9.17) is 4.74 Å². The Morgan fingerprint density at radius 3 is 2.46 bits per heavy atom. The Morgan fingerprint density at radius 2 is 2.08 bits per heavy atom. The van der Waals surface area contributed by atoms with Gasteiger partial charge in [0.05, 0.1) is 17.1 Å². The highest BCUT2D eigenvalue weighted by Gasteiger charge is 2.13. The summed E-state index contributed by atoms with van der Waals surface area (Å²) < 4.78 is 5.96. The molecule has 0 saturated carbocycles. The Morgan fingerprint density at radius 1 is 1.46 bits per heavy atom. The van der Waals surface area contributed by atoms with Crippen LogP contribution in [0.5, 0.6) is 5.75 Å². The van der Waals surface area contributed by atoms with Gasteiger partial charge in [-0.3, -0.25) is 4.79 Å². The number of aryl methyl sites for hydroxylation is 1. The molecule has 0 aliphatic carbocycles. The maximum atomic E-state index is 11.3. The number of Topliss-reactive ketones (excluding diaryl/α,β-unsaturated/α-hetero) is 1. The fourth-order valence-corrected chi connectivity index (χ4v) is 1.79. The molecule has 3 heteroatoms. The first-order valence-electron chi connectivity index (χ1n) is 3.92. The van der Waals surface area contributed by atoms with Crippen molar-refractivity contribution >= 4 is 21.7 Å². The van der Waals surface area contributed by atoms with Crippen molar-refractivity contribution in [3.63, 3.8) is 0 Å². The molecular formula is C10H11BrO2. The number of benzene rings is 1. The molecule has 1 aromatic rings. The Kier molecular flexibility index (Phi) is 3.09. The second-order valence-electron chi connectivity index (χ2n) is 2.83. The van der Waals surface area contributed by atoms with Crippen molar-refractivity contribution < 1.29 is 9.53 Å². The van der Waals surface area contributed by atoms with Gasteiger partial charge in [-0.05, 0) is 41.4 Å². The van der Waals surface area contributed by atoms with Crippen LogP contribution < -0.4 is 4.74 Å². The van der Waals surface area contributed by atoms with Crippen LogP contribution in [0.1, 0.15) is 22.8 Å². The van der Waals surface area contributed by atoms with Crippen LogP contribution in [0.4, 0.5) is 0 Å². The molecule has 0 aromatic heterocycles. The molecule has 0 radical (unpaired) electrons. The summed E-state index contributed by atoms with van der Waals surface area (Å²) >= 11 is 3.33. The third-order valence-corrected chi connectivity index (χ3v) is 2.50. The molecule has 0 heterocycles. The van der Waals surface area contributed by atoms with Crippen LogP contribution in [0.25, 0.3) is 0 Å². The first kappa shape index (κ1) is 10.3. The van der Waals surface area contributed by atoms with Crippen molar-refractivity contribution in [2.75, 3.05) is 7.11 Å². The smallest absolute Gasteiger partial charge is 0.163 e. The minimum Gasteiger partial charge on any atom is -0.495 e. The zero-order valence-electron chi connectivity index (χ0n) is 7.85. The first-order valence-corrected chi connectivity index (χ1v) is 4.71. The molecule has 13 heavy (non-hydrogen) atoms. The number of methoxy groups -OCH3 is 1. The maximum absolute atomic E-state index is 11.3. The highest BCUT2D eigenvalue weighted by atomic mass is 79.9. The molecule has 2 nitrogen and oxygen atoms in total. The van der Waals surface area contributed by atoms with Gasteiger partial charge >= 0.3 is 0 Å². The van der Waals surface area contributed by atoms with E-state index in [-0.39, 0.29) is 5.78 Å². The molecule has 0 N–H and O–H groups in total. The summed E-state index contributed by atoms with van der Waals surface area (Å²) in [6.07, 6.45) is 0. The monoisotopic (exact) mass is 242 g/mol. The van der Waals surface area contributed by atoms with Crippen LogP contribution in [-0.2, 0) is 0 Å². The van der Waals surface area contributed by atoms with Crippen LogP contribution in [-0.4, -0.2) is 12.9 Å². The lowest BCUT2D eigenvalue weighted by atomic mass is 10.0. The quantitative estimate of drug-likeness (QED) is 0.746. The summed E-state index contributed by atoms with van der Waals surface area (Å²) in [4.78, 5) is 11.3. The minimum atomic E-state index is 0.0238. The number of carbonyl (C=O) groups excluding carboxylic acids is 1. The molecule has 0 unspecified atom stereocenters. The lowest BCUT2D eigenvalue weighted by Crippen LogP contribution is -2.01. The van der Waals surface area contributed by atoms with Crippen molar-refractivity contribution in [2.24, 2.45) is 0 Å². The van der Waals surface area contributed by atoms with E-state index in [0.717, 1.165) is 10.0 Å². The first-order chi connectivity index (χ1) is 6.07. The van der Waals surface area contributed by atoms with Gasteiger partial charge in [-0.2, -0.15) is 0 Å². The molecule has 0 aliphatic rings. The van der Waals surface area contributed by atoms with Crippen molar-refractivity contribution in [1.29, 1.82) is 0 Å². The van der Waals surface area contributed by atoms with Crippen LogP contribution in [0.15, 0.2) is 16.6 Å². The summed E-state index contributed by atoms with van der Waals surface area (Å²) in [6.45, 7) is 3.43. The average molecular weight is 243 g/mol. The molecule has 70 valence electrons. The van der Waals surface area contributed by atoms with Gasteiger partial charge < -0.3 is 4.74 Å². The lowest BCUT2D eigenvalue weighted by Gasteiger charge is -2.10. The van der Waals surface area contributed by atoms with Crippen molar-refractivity contribution in [2.45, 2.75) is 13.8 Å². The van der Waals surface area contributed by atoms with E-state index in [1.54, 1.807) is 7.11 Å². The summed E-state index contributed by atoms with van der Waals surface area (Å²) in [5.41, 5.74) is 1.59. The normalized spacial score (nSPS) is 9.85. The Hall–Kier alpha value is -0.830. The molecular weight excluding hydrogens is 232 g/mol. The Labute approximate surface area is 86.0 Å². The average Bonchev–Trinajstić information content (AvgIpc) is 2.07. The number of halogens is 1.